The zero-order chi connectivity index (χ0) is 28.0. The van der Waals surface area contributed by atoms with E-state index in [9.17, 15) is 15.0 Å². The van der Waals surface area contributed by atoms with E-state index in [0.29, 0.717) is 18.6 Å². The summed E-state index contributed by atoms with van der Waals surface area (Å²) in [5.74, 6) is -0.999. The predicted molar refractivity (Wildman–Crippen MR) is 143 cm³/mol. The molecule has 2 N–H and O–H groups in total. The van der Waals surface area contributed by atoms with Crippen LogP contribution >= 0.6 is 0 Å². The molecule has 7 bridgehead atoms. The molecule has 12 atom stereocenters. The molecule has 2 saturated heterocycles. The number of carbonyl (C=O) groups excluding carboxylic acids is 1. The third-order valence-corrected chi connectivity index (χ3v) is 11.5. The van der Waals surface area contributed by atoms with E-state index in [1.807, 2.05) is 6.07 Å². The normalized spacial score (nSPS) is 48.5. The quantitative estimate of drug-likeness (QED) is 0.386. The smallest absolute Gasteiger partial charge is 0.338 e. The lowest BCUT2D eigenvalue weighted by Gasteiger charge is -2.64. The third-order valence-electron chi connectivity index (χ3n) is 11.5. The van der Waals surface area contributed by atoms with E-state index in [-0.39, 0.29) is 35.7 Å². The van der Waals surface area contributed by atoms with Gasteiger partial charge in [-0.05, 0) is 49.4 Å². The number of fused-ring (bicyclic) bond motifs is 1. The summed E-state index contributed by atoms with van der Waals surface area (Å²) in [6.07, 6.45) is 0.683. The maximum absolute atomic E-state index is 13.4. The lowest BCUT2D eigenvalue weighted by atomic mass is 9.46. The van der Waals surface area contributed by atoms with Gasteiger partial charge in [-0.2, -0.15) is 0 Å². The fourth-order valence-corrected chi connectivity index (χ4v) is 10.4. The summed E-state index contributed by atoms with van der Waals surface area (Å²) < 4.78 is 31.3. The number of likely N-dealkylation sites (tertiary alicyclic amines) is 1. The van der Waals surface area contributed by atoms with Crippen molar-refractivity contribution >= 4 is 5.97 Å². The van der Waals surface area contributed by atoms with Crippen molar-refractivity contribution in [3.63, 3.8) is 0 Å². The van der Waals surface area contributed by atoms with Crippen LogP contribution in [0.4, 0.5) is 0 Å². The van der Waals surface area contributed by atoms with Crippen LogP contribution in [0, 0.1) is 28.6 Å². The molecule has 2 aliphatic heterocycles. The molecule has 40 heavy (non-hydrogen) atoms. The molecule has 9 nitrogen and oxygen atoms in total. The number of aliphatic hydroxyl groups is 2. The third kappa shape index (κ3) is 3.20. The largest absolute Gasteiger partial charge is 0.455 e. The summed E-state index contributed by atoms with van der Waals surface area (Å²) in [5.41, 5.74) is -1.09. The number of esters is 1. The summed E-state index contributed by atoms with van der Waals surface area (Å²) in [7, 11) is 5.04. The topological polar surface area (TPSA) is 107 Å². The first kappa shape index (κ1) is 27.0. The minimum absolute atomic E-state index is 0.0653. The van der Waals surface area contributed by atoms with Crippen LogP contribution in [0.25, 0.3) is 0 Å². The number of rotatable bonds is 7. The molecule has 218 valence electrons. The predicted octanol–water partition coefficient (Wildman–Crippen LogP) is 2.01. The van der Waals surface area contributed by atoms with Crippen LogP contribution in [0.15, 0.2) is 42.0 Å². The average Bonchev–Trinajstić information content (AvgIpc) is 3.30. The zero-order valence-corrected chi connectivity index (χ0v) is 23.7. The van der Waals surface area contributed by atoms with Crippen molar-refractivity contribution in [1.29, 1.82) is 0 Å². The fourth-order valence-electron chi connectivity index (χ4n) is 10.4. The highest BCUT2D eigenvalue weighted by atomic mass is 16.6. The maximum Gasteiger partial charge on any atom is 0.338 e. The molecule has 0 amide bonds. The second-order valence-corrected chi connectivity index (χ2v) is 12.8. The van der Waals surface area contributed by atoms with Crippen molar-refractivity contribution in [1.82, 2.24) is 4.90 Å². The summed E-state index contributed by atoms with van der Waals surface area (Å²) in [6, 6.07) is 8.86. The first-order chi connectivity index (χ1) is 19.3. The van der Waals surface area contributed by atoms with Crippen molar-refractivity contribution in [3.05, 3.63) is 47.5 Å². The van der Waals surface area contributed by atoms with E-state index in [1.165, 1.54) is 7.11 Å². The first-order valence-electron chi connectivity index (χ1n) is 14.6. The van der Waals surface area contributed by atoms with Crippen LogP contribution in [0.5, 0.6) is 0 Å². The molecule has 3 saturated carbocycles. The number of carbonyl (C=O) groups is 1. The molecule has 9 heteroatoms. The Bertz CT molecular complexity index is 1190. The monoisotopic (exact) mass is 555 g/mol. The van der Waals surface area contributed by atoms with Crippen LogP contribution in [0.2, 0.25) is 0 Å². The van der Waals surface area contributed by atoms with E-state index < -0.39 is 41.2 Å². The molecule has 0 aromatic heterocycles. The highest BCUT2D eigenvalue weighted by molar-refractivity contribution is 5.89. The maximum atomic E-state index is 13.4. The standard InChI is InChI=1S/C31H41NO8/c1-5-32-15-29(16-36-2)12-11-21(37-3)31-19-14-30(35)25(40-27(34)17-9-7-6-8-10-17)22(19)18(23(33)26(30)38-4)13-20(24(29)31)39-28(31)32/h6-10,13,19-26,28,33,35H,5,11-12,14-16H2,1-4H3/t19-,20-,21+,22-,23-,24-,25-,26+,28?,29+,30-,31+/m1/s1. The number of methoxy groups -OCH3 is 3. The number of ether oxygens (including phenoxy) is 5. The molecule has 5 fully saturated rings. The van der Waals surface area contributed by atoms with Gasteiger partial charge in [-0.1, -0.05) is 31.2 Å². The van der Waals surface area contributed by atoms with Crippen LogP contribution < -0.4 is 0 Å². The van der Waals surface area contributed by atoms with Gasteiger partial charge < -0.3 is 33.9 Å². The lowest BCUT2D eigenvalue weighted by Crippen LogP contribution is -2.71. The molecule has 7 rings (SSSR count). The average molecular weight is 556 g/mol. The number of piperidine rings is 1. The Kier molecular flexibility index (Phi) is 6.30. The van der Waals surface area contributed by atoms with Gasteiger partial charge >= 0.3 is 5.97 Å². The number of benzene rings is 1. The Hall–Kier alpha value is -1.85. The molecule has 1 aromatic rings. The second kappa shape index (κ2) is 9.33. The van der Waals surface area contributed by atoms with Gasteiger partial charge in [-0.25, -0.2) is 4.79 Å². The van der Waals surface area contributed by atoms with Gasteiger partial charge in [0.15, 0.2) is 0 Å². The molecule has 6 aliphatic rings. The van der Waals surface area contributed by atoms with E-state index in [1.54, 1.807) is 38.5 Å². The SMILES string of the molecule is CCN1C[C@]2(COC)CC[C@H](OC)[C@@]34C1O[C@H](C=C1[C@H]5[C@@H](OC(=O)c6ccccc6)[C@](O)(C[C@H]53)[C@@H](OC)[C@@H]1O)[C@H]24. The molecule has 2 heterocycles. The zero-order valence-electron chi connectivity index (χ0n) is 23.7. The molecule has 0 radical (unpaired) electrons. The molecule has 1 aromatic carbocycles. The van der Waals surface area contributed by atoms with Crippen LogP contribution in [-0.4, -0.2) is 104 Å². The number of hydrogen-bond donors (Lipinski definition) is 2. The molecule has 1 unspecified atom stereocenters. The molecule has 4 aliphatic carbocycles. The lowest BCUT2D eigenvalue weighted by molar-refractivity contribution is -0.246. The summed E-state index contributed by atoms with van der Waals surface area (Å²) >= 11 is 0. The summed E-state index contributed by atoms with van der Waals surface area (Å²) in [6.45, 7) is 4.43. The number of aliphatic hydroxyl groups excluding tert-OH is 1. The van der Waals surface area contributed by atoms with Crippen molar-refractivity contribution in [2.24, 2.45) is 28.6 Å². The highest BCUT2D eigenvalue weighted by Crippen LogP contribution is 2.74. The highest BCUT2D eigenvalue weighted by Gasteiger charge is 2.81. The Morgan fingerprint density at radius 1 is 1.15 bits per heavy atom. The Morgan fingerprint density at radius 3 is 2.60 bits per heavy atom. The van der Waals surface area contributed by atoms with E-state index in [2.05, 4.69) is 17.9 Å². The Labute approximate surface area is 235 Å². The number of nitrogens with zero attached hydrogens (tertiary/aromatic N) is 1. The molecule has 0 spiro atoms. The van der Waals surface area contributed by atoms with Gasteiger partial charge in [0.05, 0.1) is 24.4 Å². The van der Waals surface area contributed by atoms with Gasteiger partial charge in [0.2, 0.25) is 0 Å². The van der Waals surface area contributed by atoms with E-state index in [4.69, 9.17) is 23.7 Å². The van der Waals surface area contributed by atoms with Crippen molar-refractivity contribution in [3.8, 4) is 0 Å². The van der Waals surface area contributed by atoms with Crippen LogP contribution in [0.1, 0.15) is 36.5 Å². The van der Waals surface area contributed by atoms with Crippen molar-refractivity contribution < 1.29 is 38.7 Å². The van der Waals surface area contributed by atoms with Gasteiger partial charge in [0.1, 0.15) is 30.1 Å². The Balaban J connectivity index is 1.42. The van der Waals surface area contributed by atoms with Gasteiger partial charge in [-0.15, -0.1) is 0 Å². The van der Waals surface area contributed by atoms with Crippen molar-refractivity contribution in [2.75, 3.05) is 41.0 Å². The van der Waals surface area contributed by atoms with Gasteiger partial charge in [-0.3, -0.25) is 4.90 Å². The summed E-state index contributed by atoms with van der Waals surface area (Å²) in [4.78, 5) is 15.9. The van der Waals surface area contributed by atoms with Crippen molar-refractivity contribution in [2.45, 2.75) is 68.5 Å². The van der Waals surface area contributed by atoms with E-state index >= 15 is 0 Å². The first-order valence-corrected chi connectivity index (χ1v) is 14.6. The fraction of sp³-hybridized carbons (Fsp3) is 0.710. The van der Waals surface area contributed by atoms with Crippen LogP contribution in [0.3, 0.4) is 0 Å². The summed E-state index contributed by atoms with van der Waals surface area (Å²) in [5, 5.41) is 24.2. The minimum Gasteiger partial charge on any atom is -0.455 e. The molecular weight excluding hydrogens is 514 g/mol. The van der Waals surface area contributed by atoms with Crippen LogP contribution in [-0.2, 0) is 23.7 Å². The van der Waals surface area contributed by atoms with Gasteiger partial charge in [0.25, 0.3) is 0 Å². The second-order valence-electron chi connectivity index (χ2n) is 12.8. The number of hydrogen-bond acceptors (Lipinski definition) is 9. The Morgan fingerprint density at radius 2 is 1.93 bits per heavy atom. The molecular formula is C31H41NO8. The van der Waals surface area contributed by atoms with Gasteiger partial charge in [0, 0.05) is 50.5 Å². The minimum atomic E-state index is -1.58. The van der Waals surface area contributed by atoms with E-state index in [0.717, 1.165) is 31.5 Å².